The molecule has 0 fully saturated rings. The Labute approximate surface area is 149 Å². The summed E-state index contributed by atoms with van der Waals surface area (Å²) in [6.07, 6.45) is 0. The molecule has 0 saturated heterocycles. The molecule has 26 heavy (non-hydrogen) atoms. The zero-order valence-corrected chi connectivity index (χ0v) is 14.9. The van der Waals surface area contributed by atoms with Crippen LogP contribution in [0.5, 0.6) is 5.75 Å². The van der Waals surface area contributed by atoms with E-state index in [0.717, 1.165) is 5.69 Å². The average Bonchev–Trinajstić information content (AvgIpc) is 3.22. The molecule has 1 aromatic carbocycles. The first-order valence-electron chi connectivity index (χ1n) is 7.98. The minimum atomic E-state index is -0.493. The number of amides is 1. The Balaban J connectivity index is 1.96. The lowest BCUT2D eigenvalue weighted by Gasteiger charge is -2.04. The number of carbonyl (C=O) groups excluding carboxylic acids is 2. The van der Waals surface area contributed by atoms with Crippen LogP contribution in [-0.2, 0) is 11.3 Å². The second kappa shape index (κ2) is 6.87. The maximum absolute atomic E-state index is 12.5. The number of aryl methyl sites for hydroxylation is 2. The van der Waals surface area contributed by atoms with Gasteiger partial charge < -0.3 is 14.5 Å². The van der Waals surface area contributed by atoms with Crippen molar-refractivity contribution in [2.24, 2.45) is 0 Å². The summed E-state index contributed by atoms with van der Waals surface area (Å²) in [5.41, 5.74) is 2.55. The second-order valence-corrected chi connectivity index (χ2v) is 5.59. The van der Waals surface area contributed by atoms with Crippen LogP contribution in [0.1, 0.15) is 33.5 Å². The molecule has 2 N–H and O–H groups in total. The van der Waals surface area contributed by atoms with Crippen molar-refractivity contribution in [1.29, 1.82) is 0 Å². The molecule has 0 aliphatic rings. The number of benzene rings is 1. The van der Waals surface area contributed by atoms with Gasteiger partial charge in [-0.1, -0.05) is 0 Å². The van der Waals surface area contributed by atoms with E-state index in [1.165, 1.54) is 20.3 Å². The van der Waals surface area contributed by atoms with Gasteiger partial charge >= 0.3 is 5.97 Å². The minimum Gasteiger partial charge on any atom is -0.494 e. The molecule has 9 heteroatoms. The van der Waals surface area contributed by atoms with E-state index < -0.39 is 5.97 Å². The third-order valence-corrected chi connectivity index (χ3v) is 3.86. The Hall–Kier alpha value is -3.36. The third-order valence-electron chi connectivity index (χ3n) is 3.86. The summed E-state index contributed by atoms with van der Waals surface area (Å²) in [6, 6.07) is 4.83. The molecule has 0 atom stereocenters. The molecule has 9 nitrogen and oxygen atoms in total. The Morgan fingerprint density at radius 1 is 1.27 bits per heavy atom. The molecule has 3 aromatic rings. The monoisotopic (exact) mass is 357 g/mol. The molecule has 2 aromatic heterocycles. The first kappa shape index (κ1) is 17.5. The molecular formula is C17H19N5O4. The van der Waals surface area contributed by atoms with Crippen LogP contribution in [-0.4, -0.2) is 45.8 Å². The van der Waals surface area contributed by atoms with Gasteiger partial charge in [0.2, 0.25) is 5.95 Å². The Kier molecular flexibility index (Phi) is 4.61. The predicted molar refractivity (Wildman–Crippen MR) is 94.6 cm³/mol. The highest BCUT2D eigenvalue weighted by atomic mass is 16.5. The number of aromatic nitrogens is 4. The Morgan fingerprint density at radius 3 is 2.69 bits per heavy atom. The van der Waals surface area contributed by atoms with Crippen molar-refractivity contribution in [3.05, 3.63) is 35.2 Å². The molecule has 2 heterocycles. The van der Waals surface area contributed by atoms with E-state index in [0.29, 0.717) is 34.6 Å². The van der Waals surface area contributed by atoms with Crippen LogP contribution in [0, 0.1) is 6.92 Å². The minimum absolute atomic E-state index is 0.242. The lowest BCUT2D eigenvalue weighted by molar-refractivity contribution is 0.0600. The molecule has 0 aliphatic carbocycles. The molecule has 0 bridgehead atoms. The lowest BCUT2D eigenvalue weighted by Crippen LogP contribution is -2.18. The summed E-state index contributed by atoms with van der Waals surface area (Å²) in [4.78, 5) is 31.6. The van der Waals surface area contributed by atoms with Gasteiger partial charge in [-0.2, -0.15) is 5.10 Å². The number of ether oxygens (including phenoxy) is 2. The van der Waals surface area contributed by atoms with Crippen molar-refractivity contribution >= 4 is 28.9 Å². The van der Waals surface area contributed by atoms with Crippen molar-refractivity contribution in [1.82, 2.24) is 19.7 Å². The van der Waals surface area contributed by atoms with Crippen LogP contribution in [0.4, 0.5) is 5.95 Å². The Bertz CT molecular complexity index is 989. The fourth-order valence-electron chi connectivity index (χ4n) is 2.68. The fraction of sp³-hybridized carbons (Fsp3) is 0.294. The number of aromatic amines is 1. The van der Waals surface area contributed by atoms with Gasteiger partial charge in [0.1, 0.15) is 17.0 Å². The van der Waals surface area contributed by atoms with Gasteiger partial charge in [-0.05, 0) is 32.0 Å². The maximum Gasteiger partial charge on any atom is 0.338 e. The van der Waals surface area contributed by atoms with Gasteiger partial charge in [-0.15, -0.1) is 0 Å². The van der Waals surface area contributed by atoms with Crippen LogP contribution in [0.3, 0.4) is 0 Å². The fourth-order valence-corrected chi connectivity index (χ4v) is 2.68. The number of fused-ring (bicyclic) bond motifs is 1. The zero-order chi connectivity index (χ0) is 18.8. The molecule has 136 valence electrons. The molecule has 1 amide bonds. The molecule has 0 unspecified atom stereocenters. The first-order chi connectivity index (χ1) is 12.5. The molecule has 3 rings (SSSR count). The molecular weight excluding hydrogens is 338 g/mol. The summed E-state index contributed by atoms with van der Waals surface area (Å²) in [7, 11) is 2.78. The van der Waals surface area contributed by atoms with E-state index in [2.05, 4.69) is 20.4 Å². The number of rotatable bonds is 5. The third kappa shape index (κ3) is 3.10. The smallest absolute Gasteiger partial charge is 0.338 e. The van der Waals surface area contributed by atoms with E-state index in [1.807, 2.05) is 13.8 Å². The van der Waals surface area contributed by atoms with Crippen LogP contribution >= 0.6 is 0 Å². The molecule has 0 saturated carbocycles. The number of nitrogens with one attached hydrogen (secondary N) is 2. The topological polar surface area (TPSA) is 111 Å². The molecule has 0 radical (unpaired) electrons. The Morgan fingerprint density at radius 2 is 2.04 bits per heavy atom. The maximum atomic E-state index is 12.5. The standard InChI is InChI=1S/C17H19N5O4/c1-5-22-12(6-9(2)21-22)15(23)20-17-18-11-7-10(16(24)26-4)8-13(25-3)14(11)19-17/h6-8H,5H2,1-4H3,(H2,18,19,20,23). The van der Waals surface area contributed by atoms with Crippen molar-refractivity contribution in [2.45, 2.75) is 20.4 Å². The van der Waals surface area contributed by atoms with E-state index >= 15 is 0 Å². The largest absolute Gasteiger partial charge is 0.494 e. The van der Waals surface area contributed by atoms with Gasteiger partial charge in [0, 0.05) is 6.54 Å². The lowest BCUT2D eigenvalue weighted by atomic mass is 10.2. The van der Waals surface area contributed by atoms with Crippen molar-refractivity contribution in [3.8, 4) is 5.75 Å². The molecule has 0 spiro atoms. The highest BCUT2D eigenvalue weighted by Gasteiger charge is 2.18. The van der Waals surface area contributed by atoms with E-state index in [9.17, 15) is 9.59 Å². The van der Waals surface area contributed by atoms with Gasteiger partial charge in [0.25, 0.3) is 5.91 Å². The predicted octanol–water partition coefficient (Wildman–Crippen LogP) is 2.14. The number of anilines is 1. The number of H-pyrrole nitrogens is 1. The normalized spacial score (nSPS) is 10.8. The van der Waals surface area contributed by atoms with Gasteiger partial charge in [0.05, 0.1) is 31.0 Å². The number of imidazole rings is 1. The van der Waals surface area contributed by atoms with Gasteiger partial charge in [-0.3, -0.25) is 14.8 Å². The molecule has 0 aliphatic heterocycles. The van der Waals surface area contributed by atoms with Crippen LogP contribution in [0.2, 0.25) is 0 Å². The second-order valence-electron chi connectivity index (χ2n) is 5.59. The average molecular weight is 357 g/mol. The quantitative estimate of drug-likeness (QED) is 0.677. The number of hydrogen-bond donors (Lipinski definition) is 2. The number of methoxy groups -OCH3 is 2. The van der Waals surface area contributed by atoms with E-state index in [-0.39, 0.29) is 11.9 Å². The summed E-state index contributed by atoms with van der Waals surface area (Å²) in [6.45, 7) is 4.31. The summed E-state index contributed by atoms with van der Waals surface area (Å²) in [5, 5.41) is 6.97. The van der Waals surface area contributed by atoms with Crippen molar-refractivity contribution in [3.63, 3.8) is 0 Å². The van der Waals surface area contributed by atoms with Crippen LogP contribution < -0.4 is 10.1 Å². The number of nitrogens with zero attached hydrogens (tertiary/aromatic N) is 3. The van der Waals surface area contributed by atoms with Gasteiger partial charge in [0.15, 0.2) is 0 Å². The number of esters is 1. The van der Waals surface area contributed by atoms with Crippen LogP contribution in [0.25, 0.3) is 11.0 Å². The number of carbonyl (C=O) groups is 2. The highest BCUT2D eigenvalue weighted by molar-refractivity contribution is 6.03. The van der Waals surface area contributed by atoms with Crippen LogP contribution in [0.15, 0.2) is 18.2 Å². The SMILES string of the molecule is CCn1nc(C)cc1C(=O)Nc1nc2c(OC)cc(C(=O)OC)cc2[nH]1. The van der Waals surface area contributed by atoms with E-state index in [4.69, 9.17) is 9.47 Å². The van der Waals surface area contributed by atoms with Crippen molar-refractivity contribution < 1.29 is 19.1 Å². The first-order valence-corrected chi connectivity index (χ1v) is 7.98. The zero-order valence-electron chi connectivity index (χ0n) is 14.9. The summed E-state index contributed by atoms with van der Waals surface area (Å²) >= 11 is 0. The summed E-state index contributed by atoms with van der Waals surface area (Å²) in [5.74, 6) is -0.188. The number of hydrogen-bond acceptors (Lipinski definition) is 6. The van der Waals surface area contributed by atoms with Gasteiger partial charge in [-0.25, -0.2) is 9.78 Å². The van der Waals surface area contributed by atoms with Crippen molar-refractivity contribution in [2.75, 3.05) is 19.5 Å². The summed E-state index contributed by atoms with van der Waals surface area (Å²) < 4.78 is 11.6. The highest BCUT2D eigenvalue weighted by Crippen LogP contribution is 2.27. The van der Waals surface area contributed by atoms with E-state index in [1.54, 1.807) is 16.8 Å².